The molecule has 1 fully saturated rings. The molecule has 1 amide bonds. The fraction of sp³-hybridized carbons (Fsp3) is 0.550. The van der Waals surface area contributed by atoms with Gasteiger partial charge in [0, 0.05) is 12.6 Å². The molecule has 1 atom stereocenters. The van der Waals surface area contributed by atoms with Crippen LogP contribution in [0.5, 0.6) is 0 Å². The lowest BCUT2D eigenvalue weighted by Crippen LogP contribution is -2.45. The van der Waals surface area contributed by atoms with Crippen molar-refractivity contribution in [2.24, 2.45) is 0 Å². The second-order valence-electron chi connectivity index (χ2n) is 7.26. The third-order valence-corrected chi connectivity index (χ3v) is 6.02. The van der Waals surface area contributed by atoms with Crippen LogP contribution in [0.2, 0.25) is 0 Å². The van der Waals surface area contributed by atoms with Crippen molar-refractivity contribution in [3.8, 4) is 5.69 Å². The number of amides is 1. The molecule has 2 aromatic rings. The SMILES string of the molecule is CC[C@@H]1CCCCN1C(=O)COC(=O)CSc1nnnn1-c1cc(C)ccc1C. The molecule has 1 aromatic heterocycles. The van der Waals surface area contributed by atoms with E-state index in [9.17, 15) is 9.59 Å². The zero-order chi connectivity index (χ0) is 20.8. The Bertz CT molecular complexity index is 870. The molecule has 2 heterocycles. The van der Waals surface area contributed by atoms with E-state index in [1.807, 2.05) is 36.9 Å². The Hall–Kier alpha value is -2.42. The molecule has 8 nitrogen and oxygen atoms in total. The first kappa shape index (κ1) is 21.3. The van der Waals surface area contributed by atoms with Crippen LogP contribution in [0.4, 0.5) is 0 Å². The number of aryl methyl sites for hydroxylation is 2. The van der Waals surface area contributed by atoms with Crippen molar-refractivity contribution in [2.75, 3.05) is 18.9 Å². The molecule has 0 saturated carbocycles. The average Bonchev–Trinajstić information content (AvgIpc) is 3.20. The Morgan fingerprint density at radius 2 is 2.10 bits per heavy atom. The standard InChI is InChI=1S/C20H27N5O3S/c1-4-16-7-5-6-10-24(16)18(26)12-28-19(27)13-29-20-21-22-23-25(20)17-11-14(2)8-9-15(17)3/h8-9,11,16H,4-7,10,12-13H2,1-3H3/t16-/m1/s1. The first-order valence-electron chi connectivity index (χ1n) is 9.93. The summed E-state index contributed by atoms with van der Waals surface area (Å²) in [6, 6.07) is 6.28. The molecule has 1 aliphatic rings. The lowest BCUT2D eigenvalue weighted by atomic mass is 10.00. The van der Waals surface area contributed by atoms with Gasteiger partial charge >= 0.3 is 5.97 Å². The highest BCUT2D eigenvalue weighted by atomic mass is 32.2. The van der Waals surface area contributed by atoms with Crippen molar-refractivity contribution < 1.29 is 14.3 Å². The Balaban J connectivity index is 1.53. The van der Waals surface area contributed by atoms with Crippen LogP contribution in [0, 0.1) is 13.8 Å². The van der Waals surface area contributed by atoms with Gasteiger partial charge in [-0.1, -0.05) is 30.8 Å². The van der Waals surface area contributed by atoms with E-state index in [0.717, 1.165) is 49.0 Å². The summed E-state index contributed by atoms with van der Waals surface area (Å²) in [4.78, 5) is 26.4. The molecule has 9 heteroatoms. The van der Waals surface area contributed by atoms with Crippen LogP contribution in [-0.4, -0.2) is 61.9 Å². The molecule has 156 valence electrons. The van der Waals surface area contributed by atoms with Crippen molar-refractivity contribution in [1.82, 2.24) is 25.1 Å². The van der Waals surface area contributed by atoms with Crippen LogP contribution < -0.4 is 0 Å². The van der Waals surface area contributed by atoms with Crippen LogP contribution in [-0.2, 0) is 14.3 Å². The number of benzene rings is 1. The van der Waals surface area contributed by atoms with E-state index in [0.29, 0.717) is 5.16 Å². The molecule has 1 aliphatic heterocycles. The van der Waals surface area contributed by atoms with E-state index < -0.39 is 5.97 Å². The number of tetrazole rings is 1. The quantitative estimate of drug-likeness (QED) is 0.505. The highest BCUT2D eigenvalue weighted by Crippen LogP contribution is 2.22. The normalized spacial score (nSPS) is 16.7. The zero-order valence-corrected chi connectivity index (χ0v) is 17.9. The first-order valence-corrected chi connectivity index (χ1v) is 10.9. The molecule has 29 heavy (non-hydrogen) atoms. The number of ether oxygens (including phenoxy) is 1. The van der Waals surface area contributed by atoms with Gasteiger partial charge in [-0.2, -0.15) is 4.68 Å². The molecule has 0 spiro atoms. The van der Waals surface area contributed by atoms with Crippen molar-refractivity contribution in [1.29, 1.82) is 0 Å². The number of thioether (sulfide) groups is 1. The van der Waals surface area contributed by atoms with Gasteiger partial charge in [-0.3, -0.25) is 9.59 Å². The second-order valence-corrected chi connectivity index (χ2v) is 8.20. The first-order chi connectivity index (χ1) is 14.0. The minimum absolute atomic E-state index is 0.0374. The smallest absolute Gasteiger partial charge is 0.316 e. The molecule has 0 radical (unpaired) electrons. The van der Waals surface area contributed by atoms with Crippen molar-refractivity contribution in [2.45, 2.75) is 57.7 Å². The monoisotopic (exact) mass is 417 g/mol. The van der Waals surface area contributed by atoms with Crippen molar-refractivity contribution in [3.63, 3.8) is 0 Å². The van der Waals surface area contributed by atoms with E-state index >= 15 is 0 Å². The summed E-state index contributed by atoms with van der Waals surface area (Å²) in [5, 5.41) is 12.3. The molecule has 1 saturated heterocycles. The third kappa shape index (κ3) is 5.35. The number of hydrogen-bond donors (Lipinski definition) is 0. The highest BCUT2D eigenvalue weighted by Gasteiger charge is 2.26. The maximum atomic E-state index is 12.4. The van der Waals surface area contributed by atoms with Gasteiger partial charge in [0.15, 0.2) is 6.61 Å². The van der Waals surface area contributed by atoms with E-state index in [-0.39, 0.29) is 24.3 Å². The van der Waals surface area contributed by atoms with Gasteiger partial charge in [0.2, 0.25) is 5.16 Å². The summed E-state index contributed by atoms with van der Waals surface area (Å²) in [5.41, 5.74) is 3.00. The van der Waals surface area contributed by atoms with Gasteiger partial charge in [-0.25, -0.2) is 0 Å². The summed E-state index contributed by atoms with van der Waals surface area (Å²) in [6.45, 7) is 6.60. The van der Waals surface area contributed by atoms with Gasteiger partial charge in [0.1, 0.15) is 0 Å². The lowest BCUT2D eigenvalue weighted by molar-refractivity contribution is -0.151. The molecule has 1 aromatic carbocycles. The van der Waals surface area contributed by atoms with Crippen LogP contribution >= 0.6 is 11.8 Å². The molecular weight excluding hydrogens is 390 g/mol. The number of likely N-dealkylation sites (tertiary alicyclic amines) is 1. The maximum Gasteiger partial charge on any atom is 0.316 e. The molecule has 0 unspecified atom stereocenters. The molecule has 0 bridgehead atoms. The van der Waals surface area contributed by atoms with E-state index in [4.69, 9.17) is 4.74 Å². The fourth-order valence-electron chi connectivity index (χ4n) is 3.51. The van der Waals surface area contributed by atoms with Crippen LogP contribution in [0.15, 0.2) is 23.4 Å². The number of carbonyl (C=O) groups is 2. The minimum atomic E-state index is -0.455. The van der Waals surface area contributed by atoms with Crippen LogP contribution in [0.1, 0.15) is 43.7 Å². The van der Waals surface area contributed by atoms with Crippen LogP contribution in [0.3, 0.4) is 0 Å². The Morgan fingerprint density at radius 1 is 1.28 bits per heavy atom. The van der Waals surface area contributed by atoms with Crippen molar-refractivity contribution >= 4 is 23.6 Å². The van der Waals surface area contributed by atoms with Gasteiger partial charge in [-0.15, -0.1) is 5.10 Å². The van der Waals surface area contributed by atoms with E-state index in [1.165, 1.54) is 11.8 Å². The van der Waals surface area contributed by atoms with E-state index in [2.05, 4.69) is 22.4 Å². The summed E-state index contributed by atoms with van der Waals surface area (Å²) in [7, 11) is 0. The third-order valence-electron chi connectivity index (χ3n) is 5.13. The summed E-state index contributed by atoms with van der Waals surface area (Å²) >= 11 is 1.19. The molecule has 3 rings (SSSR count). The van der Waals surface area contributed by atoms with Gasteiger partial charge in [-0.05, 0) is 67.2 Å². The lowest BCUT2D eigenvalue weighted by Gasteiger charge is -2.35. The van der Waals surface area contributed by atoms with Crippen molar-refractivity contribution in [3.05, 3.63) is 29.3 Å². The number of aromatic nitrogens is 4. The Labute approximate surface area is 175 Å². The Kier molecular flexibility index (Phi) is 7.24. The number of rotatable bonds is 7. The predicted octanol–water partition coefficient (Wildman–Crippen LogP) is 2.71. The topological polar surface area (TPSA) is 90.2 Å². The van der Waals surface area contributed by atoms with Crippen LogP contribution in [0.25, 0.3) is 5.69 Å². The number of esters is 1. The van der Waals surface area contributed by atoms with E-state index in [1.54, 1.807) is 4.68 Å². The number of carbonyl (C=O) groups excluding carboxylic acids is 2. The summed E-state index contributed by atoms with van der Waals surface area (Å²) < 4.78 is 6.82. The molecule has 0 aliphatic carbocycles. The number of hydrogen-bond acceptors (Lipinski definition) is 7. The summed E-state index contributed by atoms with van der Waals surface area (Å²) in [6.07, 6.45) is 4.10. The number of piperidine rings is 1. The predicted molar refractivity (Wildman–Crippen MR) is 110 cm³/mol. The average molecular weight is 418 g/mol. The zero-order valence-electron chi connectivity index (χ0n) is 17.1. The number of nitrogens with zero attached hydrogens (tertiary/aromatic N) is 5. The second kappa shape index (κ2) is 9.87. The molecule has 0 N–H and O–H groups in total. The Morgan fingerprint density at radius 3 is 2.90 bits per heavy atom. The largest absolute Gasteiger partial charge is 0.455 e. The summed E-state index contributed by atoms with van der Waals surface area (Å²) in [5.74, 6) is -0.533. The fourth-order valence-corrected chi connectivity index (χ4v) is 4.19. The highest BCUT2D eigenvalue weighted by molar-refractivity contribution is 7.99. The maximum absolute atomic E-state index is 12.4. The van der Waals surface area contributed by atoms with Gasteiger partial charge < -0.3 is 9.64 Å². The van der Waals surface area contributed by atoms with Gasteiger partial charge in [0.25, 0.3) is 5.91 Å². The van der Waals surface area contributed by atoms with Gasteiger partial charge in [0.05, 0.1) is 11.4 Å². The molecular formula is C20H27N5O3S. The minimum Gasteiger partial charge on any atom is -0.455 e.